The summed E-state index contributed by atoms with van der Waals surface area (Å²) in [6, 6.07) is 23.6. The zero-order valence-electron chi connectivity index (χ0n) is 15.8. The molecule has 0 saturated carbocycles. The molecule has 0 aromatic heterocycles. The Balaban J connectivity index is 0.000000185. The fourth-order valence-electron chi connectivity index (χ4n) is 2.74. The minimum Gasteiger partial charge on any atom is -0.0871 e. The molecule has 0 amide bonds. The summed E-state index contributed by atoms with van der Waals surface area (Å²) in [5.74, 6) is 0. The fraction of sp³-hybridized carbons (Fsp3) is 0.200. The third-order valence-corrected chi connectivity index (χ3v) is 4.06. The fourth-order valence-corrected chi connectivity index (χ4v) is 2.74. The maximum atomic E-state index is 2.25. The monoisotopic (exact) mass is 328 g/mol. The van der Waals surface area contributed by atoms with Crippen LogP contribution in [0.15, 0.2) is 85.0 Å². The van der Waals surface area contributed by atoms with Gasteiger partial charge < -0.3 is 0 Å². The maximum absolute atomic E-state index is 2.25. The predicted molar refractivity (Wildman–Crippen MR) is 113 cm³/mol. The van der Waals surface area contributed by atoms with Gasteiger partial charge >= 0.3 is 0 Å². The van der Waals surface area contributed by atoms with Crippen molar-refractivity contribution in [3.05, 3.63) is 102 Å². The second kappa shape index (κ2) is 9.64. The molecular formula is C25H28. The van der Waals surface area contributed by atoms with Crippen LogP contribution in [0.5, 0.6) is 0 Å². The number of aryl methyl sites for hydroxylation is 2. The van der Waals surface area contributed by atoms with Crippen molar-refractivity contribution in [1.29, 1.82) is 0 Å². The third-order valence-electron chi connectivity index (χ3n) is 4.06. The largest absolute Gasteiger partial charge is 0.0871 e. The van der Waals surface area contributed by atoms with Crippen molar-refractivity contribution < 1.29 is 0 Å². The number of benzene rings is 3. The van der Waals surface area contributed by atoms with Gasteiger partial charge in [0.15, 0.2) is 0 Å². The highest BCUT2D eigenvalue weighted by Gasteiger charge is 1.95. The second-order valence-corrected chi connectivity index (χ2v) is 6.28. The van der Waals surface area contributed by atoms with Gasteiger partial charge in [-0.2, -0.15) is 0 Å². The molecule has 128 valence electrons. The van der Waals surface area contributed by atoms with Gasteiger partial charge in [0.2, 0.25) is 0 Å². The molecule has 0 radical (unpaired) electrons. The molecule has 0 saturated heterocycles. The summed E-state index contributed by atoms with van der Waals surface area (Å²) in [4.78, 5) is 0. The van der Waals surface area contributed by atoms with Crippen molar-refractivity contribution in [2.45, 2.75) is 34.1 Å². The number of hydrogen-bond donors (Lipinski definition) is 0. The van der Waals surface area contributed by atoms with Gasteiger partial charge in [0.05, 0.1) is 0 Å². The summed E-state index contributed by atoms with van der Waals surface area (Å²) in [5.41, 5.74) is 5.25. The SMILES string of the molecule is C/C=C\C(=C/CC)c1ccc(C)cc1.Cc1ccc2ccccc2c1. The average molecular weight is 328 g/mol. The Bertz CT molecular complexity index is 849. The van der Waals surface area contributed by atoms with Crippen molar-refractivity contribution in [3.8, 4) is 0 Å². The Morgan fingerprint density at radius 2 is 1.44 bits per heavy atom. The van der Waals surface area contributed by atoms with E-state index in [-0.39, 0.29) is 0 Å². The van der Waals surface area contributed by atoms with E-state index in [0.717, 1.165) is 6.42 Å². The first-order chi connectivity index (χ1) is 12.1. The molecule has 0 bridgehead atoms. The number of rotatable bonds is 3. The van der Waals surface area contributed by atoms with Crippen molar-refractivity contribution in [2.75, 3.05) is 0 Å². The van der Waals surface area contributed by atoms with Gasteiger partial charge in [-0.3, -0.25) is 0 Å². The molecular weight excluding hydrogens is 300 g/mol. The summed E-state index contributed by atoms with van der Waals surface area (Å²) >= 11 is 0. The van der Waals surface area contributed by atoms with Crippen LogP contribution in [-0.2, 0) is 0 Å². The first-order valence-electron chi connectivity index (χ1n) is 8.99. The standard InChI is InChI=1S/C14H18.C11H10/c1-4-6-13(7-5-2)14-10-8-12(3)9-11-14;1-9-6-7-10-4-2-3-5-11(10)8-9/h4,6-11H,5H2,1-3H3;2-8H,1H3/b6-4-,13-7+;. The van der Waals surface area contributed by atoms with Gasteiger partial charge in [-0.15, -0.1) is 0 Å². The van der Waals surface area contributed by atoms with Crippen LogP contribution in [0.1, 0.15) is 37.0 Å². The molecule has 3 rings (SSSR count). The lowest BCUT2D eigenvalue weighted by Crippen LogP contribution is -1.81. The maximum Gasteiger partial charge on any atom is -0.0181 e. The molecule has 25 heavy (non-hydrogen) atoms. The zero-order chi connectivity index (χ0) is 18.1. The summed E-state index contributed by atoms with van der Waals surface area (Å²) in [5, 5.41) is 2.64. The smallest absolute Gasteiger partial charge is 0.0181 e. The molecule has 0 nitrogen and oxygen atoms in total. The van der Waals surface area contributed by atoms with Crippen LogP contribution in [0, 0.1) is 13.8 Å². The number of fused-ring (bicyclic) bond motifs is 1. The molecule has 0 aliphatic carbocycles. The zero-order valence-corrected chi connectivity index (χ0v) is 15.8. The topological polar surface area (TPSA) is 0 Å². The van der Waals surface area contributed by atoms with Crippen LogP contribution >= 0.6 is 0 Å². The first kappa shape index (κ1) is 18.7. The highest BCUT2D eigenvalue weighted by molar-refractivity contribution is 5.82. The normalized spacial score (nSPS) is 11.4. The average Bonchev–Trinajstić information content (AvgIpc) is 2.63. The predicted octanol–water partition coefficient (Wildman–Crippen LogP) is 7.51. The number of hydrogen-bond acceptors (Lipinski definition) is 0. The van der Waals surface area contributed by atoms with Gasteiger partial charge in [-0.1, -0.05) is 103 Å². The Morgan fingerprint density at radius 1 is 0.800 bits per heavy atom. The minimum atomic E-state index is 1.08. The quantitative estimate of drug-likeness (QED) is 0.436. The second-order valence-electron chi connectivity index (χ2n) is 6.28. The molecule has 0 N–H and O–H groups in total. The van der Waals surface area contributed by atoms with Crippen LogP contribution in [0.4, 0.5) is 0 Å². The van der Waals surface area contributed by atoms with Crippen LogP contribution in [0.25, 0.3) is 16.3 Å². The minimum absolute atomic E-state index is 1.08. The summed E-state index contributed by atoms with van der Waals surface area (Å²) < 4.78 is 0. The molecule has 0 spiro atoms. The lowest BCUT2D eigenvalue weighted by atomic mass is 10.0. The van der Waals surface area contributed by atoms with Crippen LogP contribution in [0.2, 0.25) is 0 Å². The molecule has 0 heteroatoms. The van der Waals surface area contributed by atoms with E-state index in [1.165, 1.54) is 33.0 Å². The van der Waals surface area contributed by atoms with Crippen LogP contribution in [0.3, 0.4) is 0 Å². The molecule has 0 aliphatic heterocycles. The van der Waals surface area contributed by atoms with E-state index in [0.29, 0.717) is 0 Å². The van der Waals surface area contributed by atoms with Crippen LogP contribution in [-0.4, -0.2) is 0 Å². The Morgan fingerprint density at radius 3 is 2.08 bits per heavy atom. The highest BCUT2D eigenvalue weighted by atomic mass is 14.0. The van der Waals surface area contributed by atoms with Crippen molar-refractivity contribution >= 4 is 16.3 Å². The summed E-state index contributed by atoms with van der Waals surface area (Å²) in [6.45, 7) is 8.45. The Hall–Kier alpha value is -2.60. The molecule has 0 heterocycles. The van der Waals surface area contributed by atoms with E-state index in [4.69, 9.17) is 0 Å². The van der Waals surface area contributed by atoms with Gasteiger partial charge in [0, 0.05) is 0 Å². The summed E-state index contributed by atoms with van der Waals surface area (Å²) in [6.07, 6.45) is 7.58. The Kier molecular flexibility index (Phi) is 7.22. The number of allylic oxidation sites excluding steroid dienone is 4. The molecule has 0 unspecified atom stereocenters. The molecule has 0 aliphatic rings. The van der Waals surface area contributed by atoms with E-state index in [9.17, 15) is 0 Å². The lowest BCUT2D eigenvalue weighted by Gasteiger charge is -2.02. The van der Waals surface area contributed by atoms with E-state index in [1.54, 1.807) is 0 Å². The van der Waals surface area contributed by atoms with E-state index < -0.39 is 0 Å². The first-order valence-corrected chi connectivity index (χ1v) is 8.99. The van der Waals surface area contributed by atoms with Crippen molar-refractivity contribution in [2.24, 2.45) is 0 Å². The highest BCUT2D eigenvalue weighted by Crippen LogP contribution is 2.17. The van der Waals surface area contributed by atoms with Crippen molar-refractivity contribution in [3.63, 3.8) is 0 Å². The molecule has 0 atom stereocenters. The Labute approximate surface area is 152 Å². The van der Waals surface area contributed by atoms with E-state index >= 15 is 0 Å². The van der Waals surface area contributed by atoms with E-state index in [2.05, 4.69) is 113 Å². The molecule has 3 aromatic rings. The van der Waals surface area contributed by atoms with Gasteiger partial charge in [-0.25, -0.2) is 0 Å². The van der Waals surface area contributed by atoms with Crippen molar-refractivity contribution in [1.82, 2.24) is 0 Å². The van der Waals surface area contributed by atoms with Gasteiger partial charge in [0.25, 0.3) is 0 Å². The third kappa shape index (κ3) is 5.76. The van der Waals surface area contributed by atoms with Crippen LogP contribution < -0.4 is 0 Å². The summed E-state index contributed by atoms with van der Waals surface area (Å²) in [7, 11) is 0. The van der Waals surface area contributed by atoms with Gasteiger partial charge in [0.1, 0.15) is 0 Å². The molecule has 0 fully saturated rings. The lowest BCUT2D eigenvalue weighted by molar-refractivity contribution is 1.23. The van der Waals surface area contributed by atoms with E-state index in [1.807, 2.05) is 0 Å². The van der Waals surface area contributed by atoms with Gasteiger partial charge in [-0.05, 0) is 49.1 Å². The molecule has 3 aromatic carbocycles.